The van der Waals surface area contributed by atoms with E-state index in [2.05, 4.69) is 25.5 Å². The van der Waals surface area contributed by atoms with Crippen LogP contribution in [0.5, 0.6) is 0 Å². The second kappa shape index (κ2) is 7.73. The van der Waals surface area contributed by atoms with Crippen LogP contribution >= 0.6 is 0 Å². The van der Waals surface area contributed by atoms with Gasteiger partial charge in [-0.2, -0.15) is 5.10 Å². The summed E-state index contributed by atoms with van der Waals surface area (Å²) in [6.45, 7) is 3.84. The molecule has 158 valence electrons. The van der Waals surface area contributed by atoms with Crippen molar-refractivity contribution in [2.45, 2.75) is 13.8 Å². The number of anilines is 1. The Kier molecular flexibility index (Phi) is 4.74. The molecule has 0 unspecified atom stereocenters. The van der Waals surface area contributed by atoms with Crippen molar-refractivity contribution in [2.24, 2.45) is 0 Å². The number of hydrogen-bond donors (Lipinski definition) is 2. The van der Waals surface area contributed by atoms with Crippen molar-refractivity contribution in [3.63, 3.8) is 0 Å². The molecule has 1 aromatic carbocycles. The van der Waals surface area contributed by atoms with Crippen LogP contribution in [0, 0.1) is 19.7 Å². The van der Waals surface area contributed by atoms with Gasteiger partial charge in [0.2, 0.25) is 0 Å². The molecule has 0 aliphatic rings. The number of fused-ring (bicyclic) bond motifs is 1. The summed E-state index contributed by atoms with van der Waals surface area (Å²) in [6, 6.07) is 11.9. The Balaban J connectivity index is 1.48. The third-order valence-electron chi connectivity index (χ3n) is 5.31. The molecule has 5 rings (SSSR count). The van der Waals surface area contributed by atoms with Gasteiger partial charge in [0.25, 0.3) is 5.91 Å². The molecule has 32 heavy (non-hydrogen) atoms. The van der Waals surface area contributed by atoms with Gasteiger partial charge in [-0.05, 0) is 55.8 Å². The molecule has 0 radical (unpaired) electrons. The van der Waals surface area contributed by atoms with Gasteiger partial charge in [0.1, 0.15) is 17.3 Å². The number of benzene rings is 1. The standard InChI is InChI=1S/C24H19FN6O/c1-14-7-8-26-22(9-14)29-24(32)18-5-3-16(10-20(18)25)21-12-27-23-6-4-17(13-31(21)23)19-11-28-30-15(19)2/h3-13H,1-2H3,(H,28,30)(H,26,29,32). The van der Waals surface area contributed by atoms with Crippen molar-refractivity contribution in [3.8, 4) is 22.4 Å². The van der Waals surface area contributed by atoms with Crippen LogP contribution in [0.25, 0.3) is 28.0 Å². The molecule has 0 bridgehead atoms. The maximum atomic E-state index is 14.9. The summed E-state index contributed by atoms with van der Waals surface area (Å²) < 4.78 is 16.8. The molecule has 0 aliphatic heterocycles. The number of hydrogen-bond acceptors (Lipinski definition) is 4. The Bertz CT molecular complexity index is 1470. The van der Waals surface area contributed by atoms with E-state index in [4.69, 9.17) is 0 Å². The SMILES string of the molecule is Cc1ccnc(NC(=O)c2ccc(-c3cnc4ccc(-c5cn[nH]c5C)cn34)cc2F)c1. The van der Waals surface area contributed by atoms with Gasteiger partial charge in [-0.25, -0.2) is 14.4 Å². The van der Waals surface area contributed by atoms with E-state index in [1.165, 1.54) is 12.1 Å². The molecule has 0 saturated carbocycles. The summed E-state index contributed by atoms with van der Waals surface area (Å²) in [7, 11) is 0. The average Bonchev–Trinajstić information content (AvgIpc) is 3.39. The van der Waals surface area contributed by atoms with Crippen LogP contribution in [0.15, 0.2) is 67.3 Å². The van der Waals surface area contributed by atoms with Crippen molar-refractivity contribution in [1.29, 1.82) is 0 Å². The van der Waals surface area contributed by atoms with E-state index in [0.29, 0.717) is 17.1 Å². The van der Waals surface area contributed by atoms with E-state index in [9.17, 15) is 9.18 Å². The molecular formula is C24H19FN6O. The van der Waals surface area contributed by atoms with E-state index in [1.54, 1.807) is 30.7 Å². The fourth-order valence-electron chi connectivity index (χ4n) is 3.64. The summed E-state index contributed by atoms with van der Waals surface area (Å²) in [5.41, 5.74) is 5.85. The van der Waals surface area contributed by atoms with Crippen molar-refractivity contribution >= 4 is 17.4 Å². The number of amides is 1. The van der Waals surface area contributed by atoms with Crippen LogP contribution in [0.1, 0.15) is 21.6 Å². The highest BCUT2D eigenvalue weighted by Crippen LogP contribution is 2.27. The van der Waals surface area contributed by atoms with Gasteiger partial charge in [-0.1, -0.05) is 6.07 Å². The number of aromatic nitrogens is 5. The Morgan fingerprint density at radius 1 is 1.03 bits per heavy atom. The van der Waals surface area contributed by atoms with Gasteiger partial charge in [0.05, 0.1) is 23.7 Å². The Morgan fingerprint density at radius 2 is 1.88 bits per heavy atom. The fourth-order valence-corrected chi connectivity index (χ4v) is 3.64. The highest BCUT2D eigenvalue weighted by atomic mass is 19.1. The quantitative estimate of drug-likeness (QED) is 0.432. The van der Waals surface area contributed by atoms with Gasteiger partial charge < -0.3 is 5.32 Å². The first-order valence-corrected chi connectivity index (χ1v) is 10.0. The topological polar surface area (TPSA) is 88.0 Å². The maximum Gasteiger partial charge on any atom is 0.259 e. The number of aryl methyl sites for hydroxylation is 2. The molecule has 2 N–H and O–H groups in total. The zero-order chi connectivity index (χ0) is 22.2. The minimum atomic E-state index is -0.621. The highest BCUT2D eigenvalue weighted by Gasteiger charge is 2.16. The average molecular weight is 426 g/mol. The van der Waals surface area contributed by atoms with Gasteiger partial charge >= 0.3 is 0 Å². The molecule has 7 nitrogen and oxygen atoms in total. The number of aromatic amines is 1. The summed E-state index contributed by atoms with van der Waals surface area (Å²) in [5.74, 6) is -0.797. The third kappa shape index (κ3) is 3.51. The van der Waals surface area contributed by atoms with Crippen LogP contribution < -0.4 is 5.32 Å². The number of halogens is 1. The van der Waals surface area contributed by atoms with Crippen LogP contribution in [0.2, 0.25) is 0 Å². The van der Waals surface area contributed by atoms with Crippen molar-refractivity contribution in [3.05, 3.63) is 89.9 Å². The zero-order valence-corrected chi connectivity index (χ0v) is 17.4. The second-order valence-electron chi connectivity index (χ2n) is 7.57. The lowest BCUT2D eigenvalue weighted by atomic mass is 10.1. The molecule has 8 heteroatoms. The molecule has 0 saturated heterocycles. The lowest BCUT2D eigenvalue weighted by Crippen LogP contribution is -2.14. The van der Waals surface area contributed by atoms with Gasteiger partial charge in [0.15, 0.2) is 0 Å². The number of nitrogens with zero attached hydrogens (tertiary/aromatic N) is 4. The van der Waals surface area contributed by atoms with Crippen molar-refractivity contribution in [2.75, 3.05) is 5.32 Å². The lowest BCUT2D eigenvalue weighted by Gasteiger charge is -2.09. The van der Waals surface area contributed by atoms with E-state index in [0.717, 1.165) is 28.0 Å². The summed E-state index contributed by atoms with van der Waals surface area (Å²) in [4.78, 5) is 21.1. The summed E-state index contributed by atoms with van der Waals surface area (Å²) in [6.07, 6.45) is 6.99. The Morgan fingerprint density at radius 3 is 2.62 bits per heavy atom. The number of rotatable bonds is 4. The Hall–Kier alpha value is -4.33. The van der Waals surface area contributed by atoms with E-state index in [1.807, 2.05) is 42.6 Å². The smallest absolute Gasteiger partial charge is 0.259 e. The van der Waals surface area contributed by atoms with Crippen LogP contribution in [0.4, 0.5) is 10.2 Å². The molecule has 4 aromatic heterocycles. The van der Waals surface area contributed by atoms with Gasteiger partial charge in [0, 0.05) is 34.8 Å². The molecular weight excluding hydrogens is 407 g/mol. The van der Waals surface area contributed by atoms with Crippen molar-refractivity contribution < 1.29 is 9.18 Å². The minimum Gasteiger partial charge on any atom is -0.306 e. The second-order valence-corrected chi connectivity index (χ2v) is 7.57. The highest BCUT2D eigenvalue weighted by molar-refractivity contribution is 6.04. The largest absolute Gasteiger partial charge is 0.306 e. The predicted octanol–water partition coefficient (Wildman–Crippen LogP) is 4.79. The van der Waals surface area contributed by atoms with Gasteiger partial charge in [-0.15, -0.1) is 0 Å². The van der Waals surface area contributed by atoms with Gasteiger partial charge in [-0.3, -0.25) is 14.3 Å². The molecule has 0 spiro atoms. The number of nitrogens with one attached hydrogen (secondary N) is 2. The number of carbonyl (C=O) groups excluding carboxylic acids is 1. The predicted molar refractivity (Wildman–Crippen MR) is 120 cm³/mol. The summed E-state index contributed by atoms with van der Waals surface area (Å²) >= 11 is 0. The lowest BCUT2D eigenvalue weighted by molar-refractivity contribution is 0.102. The first-order valence-electron chi connectivity index (χ1n) is 10.0. The van der Waals surface area contributed by atoms with E-state index >= 15 is 0 Å². The maximum absolute atomic E-state index is 14.9. The zero-order valence-electron chi connectivity index (χ0n) is 17.4. The van der Waals surface area contributed by atoms with Crippen LogP contribution in [-0.4, -0.2) is 30.5 Å². The third-order valence-corrected chi connectivity index (χ3v) is 5.31. The Labute approximate surface area is 183 Å². The molecule has 5 aromatic rings. The molecule has 4 heterocycles. The molecule has 0 atom stereocenters. The monoisotopic (exact) mass is 426 g/mol. The van der Waals surface area contributed by atoms with Crippen LogP contribution in [0.3, 0.4) is 0 Å². The van der Waals surface area contributed by atoms with E-state index < -0.39 is 11.7 Å². The van der Waals surface area contributed by atoms with Crippen molar-refractivity contribution in [1.82, 2.24) is 24.6 Å². The number of H-pyrrole nitrogens is 1. The minimum absolute atomic E-state index is 0.0550. The normalized spacial score (nSPS) is 11.1. The molecule has 1 amide bonds. The first-order chi connectivity index (χ1) is 15.5. The number of carbonyl (C=O) groups is 1. The first kappa shape index (κ1) is 19.6. The number of pyridine rings is 2. The number of imidazole rings is 1. The molecule has 0 aliphatic carbocycles. The van der Waals surface area contributed by atoms with Crippen LogP contribution in [-0.2, 0) is 0 Å². The fraction of sp³-hybridized carbons (Fsp3) is 0.0833. The van der Waals surface area contributed by atoms with E-state index in [-0.39, 0.29) is 5.56 Å². The molecule has 0 fully saturated rings. The summed E-state index contributed by atoms with van der Waals surface area (Å²) in [5, 5.41) is 9.65.